The Kier molecular flexibility index (Phi) is 3.64. The summed E-state index contributed by atoms with van der Waals surface area (Å²) >= 11 is 0. The van der Waals surface area contributed by atoms with Crippen molar-refractivity contribution >= 4 is 5.97 Å². The minimum atomic E-state index is -0.849. The van der Waals surface area contributed by atoms with Crippen LogP contribution in [0.25, 0.3) is 0 Å². The molecule has 1 aromatic rings. The first kappa shape index (κ1) is 10.7. The molecule has 0 aliphatic rings. The fourth-order valence-corrected chi connectivity index (χ4v) is 1.21. The average molecular weight is 197 g/mol. The van der Waals surface area contributed by atoms with E-state index in [1.54, 1.807) is 13.4 Å². The van der Waals surface area contributed by atoms with Gasteiger partial charge in [-0.2, -0.15) is 0 Å². The lowest BCUT2D eigenvalue weighted by Gasteiger charge is -2.08. The molecule has 14 heavy (non-hydrogen) atoms. The Labute approximate surface area is 82.8 Å². The molecule has 5 heteroatoms. The van der Waals surface area contributed by atoms with E-state index in [1.807, 2.05) is 17.7 Å². The molecule has 1 heterocycles. The number of nitrogens with one attached hydrogen (secondary N) is 1. The molecule has 2 N–H and O–H groups in total. The first-order valence-electron chi connectivity index (χ1n) is 4.58. The van der Waals surface area contributed by atoms with Gasteiger partial charge in [-0.05, 0) is 14.0 Å². The number of hydrogen-bond acceptors (Lipinski definition) is 3. The molecule has 0 radical (unpaired) electrons. The van der Waals surface area contributed by atoms with Crippen LogP contribution in [0, 0.1) is 0 Å². The number of nitrogens with zero attached hydrogens (tertiary/aromatic N) is 2. The number of carbonyl (C=O) groups is 1. The number of hydrogen-bond donors (Lipinski definition) is 2. The van der Waals surface area contributed by atoms with E-state index in [-0.39, 0.29) is 0 Å². The standard InChI is InChI=1S/C9H15N3O2/c1-3-12-5-7(11-6-12)4-8(10-2)9(13)14/h5-6,8,10H,3-4H2,1-2H3,(H,13,14)/t8-/m1/s1. The van der Waals surface area contributed by atoms with Crippen LogP contribution < -0.4 is 5.32 Å². The zero-order valence-corrected chi connectivity index (χ0v) is 8.40. The van der Waals surface area contributed by atoms with Crippen LogP contribution in [0.4, 0.5) is 0 Å². The van der Waals surface area contributed by atoms with Crippen molar-refractivity contribution in [2.45, 2.75) is 25.9 Å². The first-order valence-corrected chi connectivity index (χ1v) is 4.58. The van der Waals surface area contributed by atoms with Gasteiger partial charge in [-0.3, -0.25) is 4.79 Å². The highest BCUT2D eigenvalue weighted by molar-refractivity contribution is 5.73. The van der Waals surface area contributed by atoms with Crippen molar-refractivity contribution in [3.8, 4) is 0 Å². The zero-order chi connectivity index (χ0) is 10.6. The van der Waals surface area contributed by atoms with E-state index in [0.717, 1.165) is 12.2 Å². The van der Waals surface area contributed by atoms with Gasteiger partial charge in [0, 0.05) is 19.2 Å². The fraction of sp³-hybridized carbons (Fsp3) is 0.556. The van der Waals surface area contributed by atoms with E-state index in [4.69, 9.17) is 5.11 Å². The Balaban J connectivity index is 2.62. The second-order valence-electron chi connectivity index (χ2n) is 3.08. The third-order valence-electron chi connectivity index (χ3n) is 2.11. The molecule has 1 rings (SSSR count). The van der Waals surface area contributed by atoms with Crippen molar-refractivity contribution < 1.29 is 9.90 Å². The number of carboxylic acids is 1. The number of carboxylic acid groups (broad SMARTS) is 1. The predicted octanol–water partition coefficient (Wildman–Crippen LogP) is 0.118. The van der Waals surface area contributed by atoms with E-state index < -0.39 is 12.0 Å². The summed E-state index contributed by atoms with van der Waals surface area (Å²) in [4.78, 5) is 14.8. The van der Waals surface area contributed by atoms with Crippen LogP contribution in [-0.2, 0) is 17.8 Å². The summed E-state index contributed by atoms with van der Waals surface area (Å²) in [7, 11) is 1.63. The van der Waals surface area contributed by atoms with Crippen molar-refractivity contribution in [1.82, 2.24) is 14.9 Å². The van der Waals surface area contributed by atoms with Crippen LogP contribution in [0.3, 0.4) is 0 Å². The first-order chi connectivity index (χ1) is 6.67. The predicted molar refractivity (Wildman–Crippen MR) is 52.1 cm³/mol. The van der Waals surface area contributed by atoms with E-state index in [1.165, 1.54) is 0 Å². The Morgan fingerprint density at radius 2 is 2.50 bits per heavy atom. The molecule has 0 unspecified atom stereocenters. The molecule has 0 aromatic carbocycles. The Hall–Kier alpha value is -1.36. The minimum absolute atomic E-state index is 0.416. The highest BCUT2D eigenvalue weighted by Crippen LogP contribution is 2.01. The highest BCUT2D eigenvalue weighted by atomic mass is 16.4. The van der Waals surface area contributed by atoms with Crippen LogP contribution >= 0.6 is 0 Å². The summed E-state index contributed by atoms with van der Waals surface area (Å²) in [5.74, 6) is -0.849. The quantitative estimate of drug-likeness (QED) is 0.703. The van der Waals surface area contributed by atoms with E-state index >= 15 is 0 Å². The second-order valence-corrected chi connectivity index (χ2v) is 3.08. The molecule has 78 valence electrons. The van der Waals surface area contributed by atoms with Gasteiger partial charge in [-0.15, -0.1) is 0 Å². The molecule has 0 saturated heterocycles. The van der Waals surface area contributed by atoms with Gasteiger partial charge in [0.25, 0.3) is 0 Å². The maximum absolute atomic E-state index is 10.7. The summed E-state index contributed by atoms with van der Waals surface area (Å²) in [5, 5.41) is 11.5. The van der Waals surface area contributed by atoms with Crippen LogP contribution in [0.2, 0.25) is 0 Å². The Morgan fingerprint density at radius 3 is 2.93 bits per heavy atom. The van der Waals surface area contributed by atoms with Gasteiger partial charge in [0.15, 0.2) is 0 Å². The monoisotopic (exact) mass is 197 g/mol. The van der Waals surface area contributed by atoms with Gasteiger partial charge in [-0.25, -0.2) is 4.98 Å². The molecule has 0 aliphatic heterocycles. The maximum Gasteiger partial charge on any atom is 0.321 e. The number of rotatable bonds is 5. The van der Waals surface area contributed by atoms with Crippen molar-refractivity contribution in [2.24, 2.45) is 0 Å². The third kappa shape index (κ3) is 2.56. The summed E-state index contributed by atoms with van der Waals surface area (Å²) in [6, 6.07) is -0.560. The van der Waals surface area contributed by atoms with Crippen molar-refractivity contribution in [3.63, 3.8) is 0 Å². The smallest absolute Gasteiger partial charge is 0.321 e. The zero-order valence-electron chi connectivity index (χ0n) is 8.40. The lowest BCUT2D eigenvalue weighted by molar-refractivity contribution is -0.139. The summed E-state index contributed by atoms with van der Waals surface area (Å²) in [6.45, 7) is 2.86. The van der Waals surface area contributed by atoms with E-state index in [2.05, 4.69) is 10.3 Å². The normalized spacial score (nSPS) is 12.7. The largest absolute Gasteiger partial charge is 0.480 e. The van der Waals surface area contributed by atoms with Crippen molar-refractivity contribution in [1.29, 1.82) is 0 Å². The molecule has 0 spiro atoms. The van der Waals surface area contributed by atoms with Crippen molar-refractivity contribution in [2.75, 3.05) is 7.05 Å². The molecule has 0 bridgehead atoms. The van der Waals surface area contributed by atoms with Crippen LogP contribution in [0.15, 0.2) is 12.5 Å². The topological polar surface area (TPSA) is 67.2 Å². The molecule has 0 aliphatic carbocycles. The summed E-state index contributed by atoms with van der Waals surface area (Å²) in [5.41, 5.74) is 0.800. The second kappa shape index (κ2) is 4.76. The van der Waals surface area contributed by atoms with E-state index in [9.17, 15) is 4.79 Å². The van der Waals surface area contributed by atoms with Gasteiger partial charge in [-0.1, -0.05) is 0 Å². The third-order valence-corrected chi connectivity index (χ3v) is 2.11. The number of likely N-dealkylation sites (N-methyl/N-ethyl adjacent to an activating group) is 1. The van der Waals surface area contributed by atoms with Gasteiger partial charge in [0.2, 0.25) is 0 Å². The Morgan fingerprint density at radius 1 is 1.79 bits per heavy atom. The molecule has 1 aromatic heterocycles. The fourth-order valence-electron chi connectivity index (χ4n) is 1.21. The Bertz CT molecular complexity index is 309. The van der Waals surface area contributed by atoms with Crippen LogP contribution in [0.5, 0.6) is 0 Å². The summed E-state index contributed by atoms with van der Waals surface area (Å²) in [6.07, 6.45) is 4.00. The molecular formula is C9H15N3O2. The summed E-state index contributed by atoms with van der Waals surface area (Å²) < 4.78 is 1.92. The lowest BCUT2D eigenvalue weighted by atomic mass is 10.2. The molecule has 5 nitrogen and oxygen atoms in total. The maximum atomic E-state index is 10.7. The van der Waals surface area contributed by atoms with Gasteiger partial charge in [0.05, 0.1) is 12.0 Å². The number of aliphatic carboxylic acids is 1. The molecule has 0 amide bonds. The molecule has 0 saturated carbocycles. The van der Waals surface area contributed by atoms with Gasteiger partial charge < -0.3 is 15.0 Å². The average Bonchev–Trinajstić information content (AvgIpc) is 2.61. The number of aromatic nitrogens is 2. The van der Waals surface area contributed by atoms with Gasteiger partial charge >= 0.3 is 5.97 Å². The van der Waals surface area contributed by atoms with E-state index in [0.29, 0.717) is 6.42 Å². The SMILES string of the molecule is CCn1cnc(C[C@@H](NC)C(=O)O)c1. The van der Waals surface area contributed by atoms with Crippen LogP contribution in [-0.4, -0.2) is 33.7 Å². The molecule has 0 fully saturated rings. The minimum Gasteiger partial charge on any atom is -0.480 e. The van der Waals surface area contributed by atoms with Crippen molar-refractivity contribution in [3.05, 3.63) is 18.2 Å². The number of aryl methyl sites for hydroxylation is 1. The number of imidazole rings is 1. The molecule has 1 atom stereocenters. The van der Waals surface area contributed by atoms with Crippen LogP contribution in [0.1, 0.15) is 12.6 Å². The lowest BCUT2D eigenvalue weighted by Crippen LogP contribution is -2.35. The highest BCUT2D eigenvalue weighted by Gasteiger charge is 2.16. The van der Waals surface area contributed by atoms with Gasteiger partial charge in [0.1, 0.15) is 6.04 Å². The molecular weight excluding hydrogens is 182 g/mol.